The van der Waals surface area contributed by atoms with Gasteiger partial charge in [0.1, 0.15) is 5.82 Å². The minimum Gasteiger partial charge on any atom is -0.326 e. The molecule has 0 unspecified atom stereocenters. The number of carbonyl (C=O) groups excluding carboxylic acids is 1. The summed E-state index contributed by atoms with van der Waals surface area (Å²) in [6.07, 6.45) is 8.13. The molecular weight excluding hydrogens is 312 g/mol. The van der Waals surface area contributed by atoms with E-state index in [4.69, 9.17) is 10.7 Å². The molecule has 6 rings (SSSR count). The number of hydrogen-bond donors (Lipinski definition) is 2. The Bertz CT molecular complexity index is 817. The maximum Gasteiger partial charge on any atom is 0.221 e. The van der Waals surface area contributed by atoms with Gasteiger partial charge in [-0.05, 0) is 74.5 Å². The smallest absolute Gasteiger partial charge is 0.221 e. The number of amides is 1. The molecule has 0 spiro atoms. The highest BCUT2D eigenvalue weighted by molar-refractivity contribution is 5.91. The van der Waals surface area contributed by atoms with Crippen LogP contribution in [0.15, 0.2) is 18.2 Å². The Morgan fingerprint density at radius 1 is 1.24 bits per heavy atom. The molecule has 1 aromatic heterocycles. The molecule has 4 aliphatic carbocycles. The van der Waals surface area contributed by atoms with Gasteiger partial charge in [0.2, 0.25) is 5.91 Å². The standard InChI is InChI=1S/C20H26N4O/c1-12(25)22-16-2-3-18-17(7-16)23-19(11-21)24(18)20-8-13-4-14(9-20)6-15(5-13)10-20/h2-3,7,13-15H,4-6,8-11,21H2,1H3,(H,22,25). The summed E-state index contributed by atoms with van der Waals surface area (Å²) < 4.78 is 2.49. The van der Waals surface area contributed by atoms with Crippen molar-refractivity contribution < 1.29 is 4.79 Å². The van der Waals surface area contributed by atoms with Crippen LogP contribution in [0.25, 0.3) is 11.0 Å². The van der Waals surface area contributed by atoms with Gasteiger partial charge in [0.05, 0.1) is 17.6 Å². The van der Waals surface area contributed by atoms with Crippen LogP contribution in [0.5, 0.6) is 0 Å². The maximum absolute atomic E-state index is 11.4. The number of nitrogens with zero attached hydrogens (tertiary/aromatic N) is 2. The third kappa shape index (κ3) is 2.32. The fraction of sp³-hybridized carbons (Fsp3) is 0.600. The van der Waals surface area contributed by atoms with Gasteiger partial charge >= 0.3 is 0 Å². The first-order valence-electron chi connectivity index (χ1n) is 9.56. The zero-order valence-corrected chi connectivity index (χ0v) is 14.8. The van der Waals surface area contributed by atoms with Crippen LogP contribution in [0.1, 0.15) is 51.3 Å². The highest BCUT2D eigenvalue weighted by Crippen LogP contribution is 2.59. The molecule has 5 nitrogen and oxygen atoms in total. The van der Waals surface area contributed by atoms with Gasteiger partial charge in [0, 0.05) is 18.2 Å². The van der Waals surface area contributed by atoms with Crippen molar-refractivity contribution in [2.75, 3.05) is 5.32 Å². The quantitative estimate of drug-likeness (QED) is 0.901. The van der Waals surface area contributed by atoms with Crippen molar-refractivity contribution in [2.45, 2.75) is 57.5 Å². The van der Waals surface area contributed by atoms with Crippen LogP contribution >= 0.6 is 0 Å². The van der Waals surface area contributed by atoms with Crippen molar-refractivity contribution in [3.8, 4) is 0 Å². The van der Waals surface area contributed by atoms with Crippen LogP contribution in [-0.4, -0.2) is 15.5 Å². The first-order chi connectivity index (χ1) is 12.1. The van der Waals surface area contributed by atoms with E-state index >= 15 is 0 Å². The van der Waals surface area contributed by atoms with Gasteiger partial charge in [0.25, 0.3) is 0 Å². The van der Waals surface area contributed by atoms with E-state index < -0.39 is 0 Å². The lowest BCUT2D eigenvalue weighted by atomic mass is 9.53. The van der Waals surface area contributed by atoms with E-state index in [-0.39, 0.29) is 11.4 Å². The van der Waals surface area contributed by atoms with Crippen LogP contribution in [0.4, 0.5) is 5.69 Å². The largest absolute Gasteiger partial charge is 0.326 e. The topological polar surface area (TPSA) is 72.9 Å². The van der Waals surface area contributed by atoms with E-state index in [0.29, 0.717) is 6.54 Å². The molecule has 0 radical (unpaired) electrons. The molecule has 1 heterocycles. The number of nitrogens with one attached hydrogen (secondary N) is 1. The van der Waals surface area contributed by atoms with E-state index in [1.165, 1.54) is 51.0 Å². The van der Waals surface area contributed by atoms with Crippen molar-refractivity contribution in [2.24, 2.45) is 23.5 Å². The van der Waals surface area contributed by atoms with Gasteiger partial charge in [0.15, 0.2) is 0 Å². The van der Waals surface area contributed by atoms with Crippen LogP contribution in [0.2, 0.25) is 0 Å². The molecule has 1 amide bonds. The van der Waals surface area contributed by atoms with E-state index in [0.717, 1.165) is 34.8 Å². The molecule has 4 fully saturated rings. The fourth-order valence-electron chi connectivity index (χ4n) is 6.42. The molecule has 132 valence electrons. The average molecular weight is 338 g/mol. The third-order valence-corrected chi connectivity index (χ3v) is 6.71. The first kappa shape index (κ1) is 15.4. The fourth-order valence-corrected chi connectivity index (χ4v) is 6.42. The summed E-state index contributed by atoms with van der Waals surface area (Å²) in [6, 6.07) is 6.08. The van der Waals surface area contributed by atoms with E-state index in [1.54, 1.807) is 0 Å². The second-order valence-corrected chi connectivity index (χ2v) is 8.59. The van der Waals surface area contributed by atoms with Crippen LogP contribution in [-0.2, 0) is 16.9 Å². The van der Waals surface area contributed by atoms with Crippen LogP contribution in [0.3, 0.4) is 0 Å². The Morgan fingerprint density at radius 2 is 1.88 bits per heavy atom. The number of carbonyl (C=O) groups is 1. The average Bonchev–Trinajstić information content (AvgIpc) is 2.91. The number of fused-ring (bicyclic) bond motifs is 1. The number of aromatic nitrogens is 2. The molecular formula is C20H26N4O. The molecule has 0 saturated heterocycles. The highest BCUT2D eigenvalue weighted by atomic mass is 16.1. The lowest BCUT2D eigenvalue weighted by Gasteiger charge is -2.57. The lowest BCUT2D eigenvalue weighted by Crippen LogP contribution is -2.52. The summed E-state index contributed by atoms with van der Waals surface area (Å²) in [7, 11) is 0. The number of nitrogens with two attached hydrogens (primary N) is 1. The lowest BCUT2D eigenvalue weighted by molar-refractivity contribution is -0.114. The Labute approximate surface area is 148 Å². The first-order valence-corrected chi connectivity index (χ1v) is 9.56. The number of anilines is 1. The number of hydrogen-bond acceptors (Lipinski definition) is 3. The summed E-state index contributed by atoms with van der Waals surface area (Å²) in [5.41, 5.74) is 9.24. The monoisotopic (exact) mass is 338 g/mol. The molecule has 0 atom stereocenters. The van der Waals surface area contributed by atoms with E-state index in [9.17, 15) is 4.79 Å². The second kappa shape index (κ2) is 5.31. The summed E-state index contributed by atoms with van der Waals surface area (Å²) in [4.78, 5) is 16.2. The molecule has 2 aromatic rings. The minimum atomic E-state index is -0.0566. The number of rotatable bonds is 3. The van der Waals surface area contributed by atoms with Gasteiger partial charge in [-0.3, -0.25) is 4.79 Å². The maximum atomic E-state index is 11.4. The molecule has 4 aliphatic rings. The van der Waals surface area contributed by atoms with Crippen LogP contribution < -0.4 is 11.1 Å². The zero-order valence-electron chi connectivity index (χ0n) is 14.8. The summed E-state index contributed by atoms with van der Waals surface area (Å²) in [5.74, 6) is 3.59. The molecule has 4 saturated carbocycles. The zero-order chi connectivity index (χ0) is 17.2. The Hall–Kier alpha value is -1.88. The molecule has 4 bridgehead atoms. The number of benzene rings is 1. The van der Waals surface area contributed by atoms with Crippen molar-refractivity contribution in [1.29, 1.82) is 0 Å². The Balaban J connectivity index is 1.64. The SMILES string of the molecule is CC(=O)Nc1ccc2c(c1)nc(CN)n2C12CC3CC(CC(C3)C1)C2. The van der Waals surface area contributed by atoms with Gasteiger partial charge in [-0.2, -0.15) is 0 Å². The van der Waals surface area contributed by atoms with Crippen LogP contribution in [0, 0.1) is 17.8 Å². The normalized spacial score (nSPS) is 33.1. The molecule has 1 aromatic carbocycles. The van der Waals surface area contributed by atoms with Crippen molar-refractivity contribution in [3.63, 3.8) is 0 Å². The van der Waals surface area contributed by atoms with E-state index in [1.807, 2.05) is 12.1 Å². The summed E-state index contributed by atoms with van der Waals surface area (Å²) >= 11 is 0. The number of imidazole rings is 1. The second-order valence-electron chi connectivity index (χ2n) is 8.59. The van der Waals surface area contributed by atoms with Crippen molar-refractivity contribution in [1.82, 2.24) is 9.55 Å². The predicted molar refractivity (Wildman–Crippen MR) is 98.1 cm³/mol. The van der Waals surface area contributed by atoms with Gasteiger partial charge < -0.3 is 15.6 Å². The minimum absolute atomic E-state index is 0.0566. The van der Waals surface area contributed by atoms with Gasteiger partial charge in [-0.25, -0.2) is 4.98 Å². The summed E-state index contributed by atoms with van der Waals surface area (Å²) in [5, 5.41) is 2.86. The van der Waals surface area contributed by atoms with E-state index in [2.05, 4.69) is 16.0 Å². The third-order valence-electron chi connectivity index (χ3n) is 6.71. The molecule has 3 N–H and O–H groups in total. The predicted octanol–water partition coefficient (Wildman–Crippen LogP) is 3.38. The van der Waals surface area contributed by atoms with Gasteiger partial charge in [-0.15, -0.1) is 0 Å². The van der Waals surface area contributed by atoms with Crippen molar-refractivity contribution >= 4 is 22.6 Å². The summed E-state index contributed by atoms with van der Waals surface area (Å²) in [6.45, 7) is 2.00. The Morgan fingerprint density at radius 3 is 2.44 bits per heavy atom. The molecule has 25 heavy (non-hydrogen) atoms. The highest BCUT2D eigenvalue weighted by Gasteiger charge is 2.52. The van der Waals surface area contributed by atoms with Crippen molar-refractivity contribution in [3.05, 3.63) is 24.0 Å². The molecule has 0 aliphatic heterocycles. The molecule has 5 heteroatoms. The Kier molecular flexibility index (Phi) is 3.26. The van der Waals surface area contributed by atoms with Gasteiger partial charge in [-0.1, -0.05) is 0 Å².